The van der Waals surface area contributed by atoms with E-state index in [4.69, 9.17) is 20.4 Å². The highest BCUT2D eigenvalue weighted by Crippen LogP contribution is 2.03. The number of rotatable bonds is 6. The minimum Gasteiger partial charge on any atom is -0.394 e. The van der Waals surface area contributed by atoms with Crippen molar-refractivity contribution in [3.05, 3.63) is 0 Å². The van der Waals surface area contributed by atoms with Crippen LogP contribution in [-0.4, -0.2) is 45.8 Å². The van der Waals surface area contributed by atoms with Crippen LogP contribution in [0.2, 0.25) is 0 Å². The van der Waals surface area contributed by atoms with Crippen LogP contribution in [-0.2, 0) is 0 Å². The van der Waals surface area contributed by atoms with E-state index in [2.05, 4.69) is 0 Å². The van der Waals surface area contributed by atoms with Gasteiger partial charge >= 0.3 is 0 Å². The van der Waals surface area contributed by atoms with E-state index < -0.39 is 12.2 Å². The van der Waals surface area contributed by atoms with Crippen molar-refractivity contribution in [3.63, 3.8) is 0 Å². The summed E-state index contributed by atoms with van der Waals surface area (Å²) in [5.41, 5.74) is 0. The molecule has 0 aliphatic heterocycles. The highest BCUT2D eigenvalue weighted by molar-refractivity contribution is 4.55. The Kier molecular flexibility index (Phi) is 12.9. The summed E-state index contributed by atoms with van der Waals surface area (Å²) in [5.74, 6) is 0.939. The molecule has 0 saturated carbocycles. The van der Waals surface area contributed by atoms with Gasteiger partial charge in [-0.25, -0.2) is 0 Å². The maximum atomic E-state index is 8.78. The Morgan fingerprint density at radius 1 is 0.688 bits per heavy atom. The molecule has 0 aliphatic carbocycles. The highest BCUT2D eigenvalue weighted by atomic mass is 16.3. The molecule has 0 saturated heterocycles. The molecule has 0 aromatic heterocycles. The van der Waals surface area contributed by atoms with E-state index in [1.54, 1.807) is 0 Å². The number of hydrogen-bond donors (Lipinski definition) is 4. The Bertz CT molecular complexity index is 121. The predicted octanol–water partition coefficient (Wildman–Crippen LogP) is 0.771. The summed E-state index contributed by atoms with van der Waals surface area (Å²) in [5, 5.41) is 34.2. The molecule has 0 heterocycles. The summed E-state index contributed by atoms with van der Waals surface area (Å²) in [6.45, 7) is 7.83. The molecule has 0 amide bonds. The van der Waals surface area contributed by atoms with E-state index in [1.165, 1.54) is 0 Å². The van der Waals surface area contributed by atoms with Crippen LogP contribution >= 0.6 is 0 Å². The molecule has 16 heavy (non-hydrogen) atoms. The molecule has 0 fully saturated rings. The van der Waals surface area contributed by atoms with Gasteiger partial charge in [0.25, 0.3) is 0 Å². The lowest BCUT2D eigenvalue weighted by molar-refractivity contribution is 0.0781. The minimum atomic E-state index is -0.519. The van der Waals surface area contributed by atoms with Crippen molar-refractivity contribution < 1.29 is 20.4 Å². The lowest BCUT2D eigenvalue weighted by Gasteiger charge is -2.08. The molecule has 0 aromatic rings. The maximum Gasteiger partial charge on any atom is 0.0773 e. The Morgan fingerprint density at radius 3 is 1.00 bits per heavy atom. The van der Waals surface area contributed by atoms with Crippen molar-refractivity contribution in [1.82, 2.24) is 0 Å². The fraction of sp³-hybridized carbons (Fsp3) is 1.00. The van der Waals surface area contributed by atoms with Crippen LogP contribution in [0, 0.1) is 11.8 Å². The molecule has 0 radical (unpaired) electrons. The largest absolute Gasteiger partial charge is 0.394 e. The number of hydrogen-bond acceptors (Lipinski definition) is 4. The van der Waals surface area contributed by atoms with Crippen molar-refractivity contribution in [2.75, 3.05) is 13.2 Å². The zero-order valence-corrected chi connectivity index (χ0v) is 10.9. The molecule has 4 heteroatoms. The van der Waals surface area contributed by atoms with Crippen LogP contribution in [0.5, 0.6) is 0 Å². The average molecular weight is 236 g/mol. The summed E-state index contributed by atoms with van der Waals surface area (Å²) in [6.07, 6.45) is 0.345. The van der Waals surface area contributed by atoms with Crippen molar-refractivity contribution in [2.45, 2.75) is 52.7 Å². The van der Waals surface area contributed by atoms with Gasteiger partial charge in [0.15, 0.2) is 0 Å². The quantitative estimate of drug-likeness (QED) is 0.549. The van der Waals surface area contributed by atoms with Gasteiger partial charge in [-0.1, -0.05) is 27.7 Å². The lowest BCUT2D eigenvalue weighted by Crippen LogP contribution is -2.14. The first-order chi connectivity index (χ1) is 7.33. The predicted molar refractivity (Wildman–Crippen MR) is 65.1 cm³/mol. The monoisotopic (exact) mass is 236 g/mol. The Labute approximate surface area is 98.9 Å². The van der Waals surface area contributed by atoms with Gasteiger partial charge in [-0.15, -0.1) is 0 Å². The first-order valence-electron chi connectivity index (χ1n) is 5.91. The molecular weight excluding hydrogens is 208 g/mol. The summed E-state index contributed by atoms with van der Waals surface area (Å²) in [4.78, 5) is 0. The van der Waals surface area contributed by atoms with Gasteiger partial charge in [-0.05, 0) is 24.7 Å². The third-order valence-corrected chi connectivity index (χ3v) is 1.91. The van der Waals surface area contributed by atoms with Gasteiger partial charge in [0.05, 0.1) is 25.4 Å². The molecule has 0 aliphatic rings. The van der Waals surface area contributed by atoms with Gasteiger partial charge in [0, 0.05) is 0 Å². The van der Waals surface area contributed by atoms with E-state index in [0.717, 1.165) is 0 Å². The minimum absolute atomic E-state index is 0.113. The van der Waals surface area contributed by atoms with E-state index >= 15 is 0 Å². The molecule has 0 aromatic carbocycles. The first kappa shape index (κ1) is 18.2. The van der Waals surface area contributed by atoms with Crippen molar-refractivity contribution in [3.8, 4) is 0 Å². The summed E-state index contributed by atoms with van der Waals surface area (Å²) >= 11 is 0. The van der Waals surface area contributed by atoms with Crippen LogP contribution in [0.25, 0.3) is 0 Å². The van der Waals surface area contributed by atoms with E-state index in [1.807, 2.05) is 27.7 Å². The van der Waals surface area contributed by atoms with Crippen LogP contribution in [0.1, 0.15) is 40.5 Å². The topological polar surface area (TPSA) is 80.9 Å². The second-order valence-corrected chi connectivity index (χ2v) is 4.93. The Balaban J connectivity index is 0. The number of aliphatic hydroxyl groups excluding tert-OH is 4. The second-order valence-electron chi connectivity index (χ2n) is 4.93. The van der Waals surface area contributed by atoms with Crippen LogP contribution in [0.15, 0.2) is 0 Å². The molecule has 4 N–H and O–H groups in total. The van der Waals surface area contributed by atoms with Gasteiger partial charge in [0.1, 0.15) is 0 Å². The SMILES string of the molecule is CC(C)C[C@@H](O)CO.CC(C)C[C@H](O)CO. The summed E-state index contributed by atoms with van der Waals surface area (Å²) < 4.78 is 0. The molecular formula is C12H28O4. The molecule has 0 bridgehead atoms. The Morgan fingerprint density at radius 2 is 0.938 bits per heavy atom. The second kappa shape index (κ2) is 11.3. The molecule has 0 rings (SSSR count). The molecule has 2 atom stereocenters. The highest BCUT2D eigenvalue weighted by Gasteiger charge is 2.03. The van der Waals surface area contributed by atoms with Crippen molar-refractivity contribution in [2.24, 2.45) is 11.8 Å². The third kappa shape index (κ3) is 16.3. The first-order valence-corrected chi connectivity index (χ1v) is 5.91. The average Bonchev–Trinajstić information content (AvgIpc) is 2.16. The van der Waals surface area contributed by atoms with Crippen molar-refractivity contribution >= 4 is 0 Å². The van der Waals surface area contributed by atoms with Gasteiger partial charge < -0.3 is 20.4 Å². The lowest BCUT2D eigenvalue weighted by atomic mass is 10.1. The van der Waals surface area contributed by atoms with Crippen LogP contribution < -0.4 is 0 Å². The smallest absolute Gasteiger partial charge is 0.0773 e. The fourth-order valence-electron chi connectivity index (χ4n) is 1.24. The maximum absolute atomic E-state index is 8.78. The normalized spacial score (nSPS) is 14.6. The van der Waals surface area contributed by atoms with Gasteiger partial charge in [0.2, 0.25) is 0 Å². The van der Waals surface area contributed by atoms with E-state index in [-0.39, 0.29) is 13.2 Å². The summed E-state index contributed by atoms with van der Waals surface area (Å²) in [7, 11) is 0. The van der Waals surface area contributed by atoms with Crippen LogP contribution in [0.4, 0.5) is 0 Å². The molecule has 0 unspecified atom stereocenters. The van der Waals surface area contributed by atoms with Crippen LogP contribution in [0.3, 0.4) is 0 Å². The zero-order valence-electron chi connectivity index (χ0n) is 10.9. The zero-order chi connectivity index (χ0) is 13.1. The Hall–Kier alpha value is -0.160. The van der Waals surface area contributed by atoms with Crippen molar-refractivity contribution in [1.29, 1.82) is 0 Å². The third-order valence-electron chi connectivity index (χ3n) is 1.91. The molecule has 100 valence electrons. The van der Waals surface area contributed by atoms with E-state index in [0.29, 0.717) is 24.7 Å². The standard InChI is InChI=1S/2C6H14O2/c2*1-5(2)3-6(8)4-7/h2*5-8H,3-4H2,1-2H3/t2*6-/m10/s1. The van der Waals surface area contributed by atoms with E-state index in [9.17, 15) is 0 Å². The number of aliphatic hydroxyl groups is 4. The fourth-order valence-corrected chi connectivity index (χ4v) is 1.24. The molecule has 4 nitrogen and oxygen atoms in total. The molecule has 0 spiro atoms. The van der Waals surface area contributed by atoms with Gasteiger partial charge in [-0.3, -0.25) is 0 Å². The van der Waals surface area contributed by atoms with Gasteiger partial charge in [-0.2, -0.15) is 0 Å². The summed E-state index contributed by atoms with van der Waals surface area (Å²) in [6, 6.07) is 0.